The van der Waals surface area contributed by atoms with Crippen molar-refractivity contribution in [3.8, 4) is 0 Å². The van der Waals surface area contributed by atoms with Crippen LogP contribution in [0.1, 0.15) is 27.2 Å². The number of carbonyl (C=O) groups is 1. The summed E-state index contributed by atoms with van der Waals surface area (Å²) in [5.74, 6) is 0.823. The Balaban J connectivity index is 2.43. The number of oxime groups is 1. The zero-order valence-corrected chi connectivity index (χ0v) is 11.1. The smallest absolute Gasteiger partial charge is 0.159 e. The van der Waals surface area contributed by atoms with Gasteiger partial charge in [-0.2, -0.15) is 0 Å². The topological polar surface area (TPSA) is 49.7 Å². The monoisotopic (exact) mass is 245 g/mol. The molecule has 0 spiro atoms. The Morgan fingerprint density at radius 3 is 2.33 bits per heavy atom. The molecule has 0 saturated carbocycles. The van der Waals surface area contributed by atoms with Crippen molar-refractivity contribution in [1.82, 2.24) is 0 Å². The van der Waals surface area contributed by atoms with E-state index in [9.17, 15) is 4.79 Å². The van der Waals surface area contributed by atoms with Crippen LogP contribution < -0.4 is 0 Å². The summed E-state index contributed by atoms with van der Waals surface area (Å²) < 4.78 is 0. The first-order valence-electron chi connectivity index (χ1n) is 6.39. The third kappa shape index (κ3) is 2.17. The van der Waals surface area contributed by atoms with Gasteiger partial charge in [-0.25, -0.2) is 0 Å². The van der Waals surface area contributed by atoms with Crippen LogP contribution in [0.15, 0.2) is 40.6 Å². The summed E-state index contributed by atoms with van der Waals surface area (Å²) in [6.07, 6.45) is 8.24. The molecule has 0 heterocycles. The number of rotatable bonds is 0. The van der Waals surface area contributed by atoms with Gasteiger partial charge in [0.25, 0.3) is 0 Å². The number of hydrogen-bond acceptors (Lipinski definition) is 3. The van der Waals surface area contributed by atoms with Crippen LogP contribution >= 0.6 is 0 Å². The molecule has 0 radical (unpaired) electrons. The van der Waals surface area contributed by atoms with E-state index in [1.54, 1.807) is 6.08 Å². The molecule has 96 valence electrons. The van der Waals surface area contributed by atoms with Crippen LogP contribution in [0.4, 0.5) is 0 Å². The molecule has 3 nitrogen and oxygen atoms in total. The maximum Gasteiger partial charge on any atom is 0.159 e. The summed E-state index contributed by atoms with van der Waals surface area (Å²) >= 11 is 0. The zero-order chi connectivity index (χ0) is 13.3. The van der Waals surface area contributed by atoms with Crippen molar-refractivity contribution >= 4 is 11.5 Å². The lowest BCUT2D eigenvalue weighted by Crippen LogP contribution is -2.24. The molecule has 0 saturated heterocycles. The van der Waals surface area contributed by atoms with Crippen LogP contribution in [0.3, 0.4) is 0 Å². The normalized spacial score (nSPS) is 38.5. The Morgan fingerprint density at radius 2 is 1.72 bits per heavy atom. The highest BCUT2D eigenvalue weighted by Gasteiger charge is 2.28. The quantitative estimate of drug-likeness (QED) is 0.526. The van der Waals surface area contributed by atoms with Crippen molar-refractivity contribution in [2.45, 2.75) is 27.2 Å². The van der Waals surface area contributed by atoms with Gasteiger partial charge in [-0.3, -0.25) is 4.79 Å². The van der Waals surface area contributed by atoms with Crippen molar-refractivity contribution in [2.24, 2.45) is 22.9 Å². The standard InChI is InChI=1S/C15H19NO2/c1-9-8-12(16-18)4-5-13(9)14-6-7-15(17)11(3)10(14)2/h4-7,9-11,18H,8H2,1-3H3/t9-,10+,11?/m1/s1. The molecule has 1 unspecified atom stereocenters. The van der Waals surface area contributed by atoms with E-state index >= 15 is 0 Å². The van der Waals surface area contributed by atoms with Crippen LogP contribution in [0.5, 0.6) is 0 Å². The molecule has 0 aromatic rings. The maximum absolute atomic E-state index is 11.6. The molecule has 0 amide bonds. The molecule has 0 fully saturated rings. The maximum atomic E-state index is 11.6. The molecule has 0 bridgehead atoms. The largest absolute Gasteiger partial charge is 0.411 e. The highest BCUT2D eigenvalue weighted by molar-refractivity contribution is 5.97. The molecular formula is C15H19NO2. The minimum atomic E-state index is 0.0472. The molecule has 1 N–H and O–H groups in total. The van der Waals surface area contributed by atoms with Crippen molar-refractivity contribution in [1.29, 1.82) is 0 Å². The molecule has 2 rings (SSSR count). The van der Waals surface area contributed by atoms with E-state index in [2.05, 4.69) is 19.0 Å². The van der Waals surface area contributed by atoms with Gasteiger partial charge in [0.15, 0.2) is 5.78 Å². The Labute approximate surface area is 108 Å². The third-order valence-electron chi connectivity index (χ3n) is 4.08. The van der Waals surface area contributed by atoms with Crippen LogP contribution in [0.2, 0.25) is 0 Å². The van der Waals surface area contributed by atoms with Gasteiger partial charge in [-0.1, -0.05) is 38.1 Å². The van der Waals surface area contributed by atoms with Crippen LogP contribution in [0.25, 0.3) is 0 Å². The van der Waals surface area contributed by atoms with E-state index in [4.69, 9.17) is 5.21 Å². The summed E-state index contributed by atoms with van der Waals surface area (Å²) in [6.45, 7) is 6.21. The molecule has 2 aliphatic rings. The lowest BCUT2D eigenvalue weighted by molar-refractivity contribution is -0.118. The van der Waals surface area contributed by atoms with E-state index in [0.717, 1.165) is 6.42 Å². The second kappa shape index (κ2) is 4.92. The second-order valence-electron chi connectivity index (χ2n) is 5.25. The minimum Gasteiger partial charge on any atom is -0.411 e. The Morgan fingerprint density at radius 1 is 1.06 bits per heavy atom. The second-order valence-corrected chi connectivity index (χ2v) is 5.25. The zero-order valence-electron chi connectivity index (χ0n) is 11.1. The highest BCUT2D eigenvalue weighted by Crippen LogP contribution is 2.35. The van der Waals surface area contributed by atoms with Gasteiger partial charge in [0.2, 0.25) is 0 Å². The number of hydrogen-bond donors (Lipinski definition) is 1. The van der Waals surface area contributed by atoms with E-state index in [1.807, 2.05) is 25.2 Å². The molecule has 18 heavy (non-hydrogen) atoms. The Hall–Kier alpha value is -1.64. The average molecular weight is 245 g/mol. The van der Waals surface area contributed by atoms with Crippen molar-refractivity contribution in [2.75, 3.05) is 0 Å². The number of ketones is 1. The molecule has 3 atom stereocenters. The van der Waals surface area contributed by atoms with E-state index in [0.29, 0.717) is 11.6 Å². The summed E-state index contributed by atoms with van der Waals surface area (Å²) in [7, 11) is 0. The molecule has 0 aromatic heterocycles. The fraction of sp³-hybridized carbons (Fsp3) is 0.467. The van der Waals surface area contributed by atoms with E-state index in [-0.39, 0.29) is 17.6 Å². The summed E-state index contributed by atoms with van der Waals surface area (Å²) in [5, 5.41) is 12.1. The van der Waals surface area contributed by atoms with Crippen LogP contribution in [0, 0.1) is 17.8 Å². The van der Waals surface area contributed by atoms with Crippen molar-refractivity contribution in [3.63, 3.8) is 0 Å². The molecule has 0 aliphatic heterocycles. The summed E-state index contributed by atoms with van der Waals surface area (Å²) in [5.41, 5.74) is 3.21. The third-order valence-corrected chi connectivity index (χ3v) is 4.08. The van der Waals surface area contributed by atoms with Crippen molar-refractivity contribution in [3.05, 3.63) is 35.5 Å². The van der Waals surface area contributed by atoms with E-state index < -0.39 is 0 Å². The predicted octanol–water partition coefficient (Wildman–Crippen LogP) is 3.12. The van der Waals surface area contributed by atoms with Gasteiger partial charge in [-0.05, 0) is 41.6 Å². The van der Waals surface area contributed by atoms with Crippen LogP contribution in [-0.2, 0) is 4.79 Å². The van der Waals surface area contributed by atoms with Crippen LogP contribution in [-0.4, -0.2) is 16.7 Å². The van der Waals surface area contributed by atoms with Gasteiger partial charge in [0, 0.05) is 5.92 Å². The van der Waals surface area contributed by atoms with Gasteiger partial charge in [0.05, 0.1) is 5.71 Å². The molecule has 0 aromatic carbocycles. The first-order valence-corrected chi connectivity index (χ1v) is 6.39. The molecule has 2 aliphatic carbocycles. The van der Waals surface area contributed by atoms with Gasteiger partial charge in [-0.15, -0.1) is 0 Å². The average Bonchev–Trinajstić information content (AvgIpc) is 2.37. The lowest BCUT2D eigenvalue weighted by atomic mass is 9.75. The number of carbonyl (C=O) groups excluding carboxylic acids is 1. The molecular weight excluding hydrogens is 226 g/mol. The SMILES string of the molecule is CC1C(=O)C=CC(=C2C=CC(=NO)C[C@H]2C)[C@H]1C. The number of allylic oxidation sites excluding steroid dienone is 6. The molecule has 3 heteroatoms. The number of nitrogens with zero attached hydrogens (tertiary/aromatic N) is 1. The lowest BCUT2D eigenvalue weighted by Gasteiger charge is -2.28. The van der Waals surface area contributed by atoms with Gasteiger partial charge >= 0.3 is 0 Å². The van der Waals surface area contributed by atoms with Crippen molar-refractivity contribution < 1.29 is 10.0 Å². The highest BCUT2D eigenvalue weighted by atomic mass is 16.4. The first kappa shape index (κ1) is 12.8. The van der Waals surface area contributed by atoms with Gasteiger partial charge in [0.1, 0.15) is 0 Å². The Kier molecular flexibility index (Phi) is 3.50. The first-order chi connectivity index (χ1) is 8.54. The van der Waals surface area contributed by atoms with Gasteiger partial charge < -0.3 is 5.21 Å². The fourth-order valence-corrected chi connectivity index (χ4v) is 2.65. The fourth-order valence-electron chi connectivity index (χ4n) is 2.65. The minimum absolute atomic E-state index is 0.0472. The summed E-state index contributed by atoms with van der Waals surface area (Å²) in [4.78, 5) is 11.6. The van der Waals surface area contributed by atoms with E-state index in [1.165, 1.54) is 11.1 Å². The predicted molar refractivity (Wildman–Crippen MR) is 71.6 cm³/mol. The summed E-state index contributed by atoms with van der Waals surface area (Å²) in [6, 6.07) is 0. The Bertz CT molecular complexity index is 483.